The zero-order valence-corrected chi connectivity index (χ0v) is 20.9. The molecule has 0 radical (unpaired) electrons. The number of amides is 1. The molecule has 4 aromatic rings. The van der Waals surface area contributed by atoms with Crippen molar-refractivity contribution in [3.63, 3.8) is 0 Å². The molecule has 0 bridgehead atoms. The van der Waals surface area contributed by atoms with Gasteiger partial charge < -0.3 is 19.1 Å². The van der Waals surface area contributed by atoms with Crippen molar-refractivity contribution in [3.05, 3.63) is 89.6 Å². The van der Waals surface area contributed by atoms with Crippen molar-refractivity contribution in [2.75, 3.05) is 11.9 Å². The number of hydrogen-bond donors (Lipinski definition) is 2. The smallest absolute Gasteiger partial charge is 0.412 e. The number of anilines is 1. The van der Waals surface area contributed by atoms with Crippen molar-refractivity contribution < 1.29 is 28.7 Å². The van der Waals surface area contributed by atoms with E-state index in [0.29, 0.717) is 29.3 Å². The molecule has 0 saturated carbocycles. The predicted octanol–water partition coefficient (Wildman–Crippen LogP) is 6.44. The van der Waals surface area contributed by atoms with Crippen LogP contribution >= 0.6 is 0 Å². The molecule has 2 N–H and O–H groups in total. The highest BCUT2D eigenvalue weighted by Crippen LogP contribution is 2.33. The monoisotopic (exact) mass is 500 g/mol. The molecule has 37 heavy (non-hydrogen) atoms. The van der Waals surface area contributed by atoms with Crippen LogP contribution in [-0.4, -0.2) is 28.9 Å². The van der Waals surface area contributed by atoms with Crippen molar-refractivity contribution in [3.8, 4) is 28.2 Å². The van der Waals surface area contributed by atoms with Gasteiger partial charge in [0.25, 0.3) is 0 Å². The first kappa shape index (κ1) is 25.5. The Hall–Kier alpha value is -4.59. The number of benzene rings is 3. The molecular formula is C29H28N2O6. The number of aromatic hydroxyl groups is 1. The second kappa shape index (κ2) is 11.4. The predicted molar refractivity (Wildman–Crippen MR) is 139 cm³/mol. The van der Waals surface area contributed by atoms with Crippen molar-refractivity contribution >= 4 is 17.7 Å². The van der Waals surface area contributed by atoms with Crippen LogP contribution in [-0.2, 0) is 20.7 Å². The summed E-state index contributed by atoms with van der Waals surface area (Å²) in [6.07, 6.45) is -0.996. The summed E-state index contributed by atoms with van der Waals surface area (Å²) in [7, 11) is 0. The summed E-state index contributed by atoms with van der Waals surface area (Å²) in [5, 5.41) is 16.4. The highest BCUT2D eigenvalue weighted by Gasteiger charge is 2.20. The minimum Gasteiger partial charge on any atom is -0.508 e. The minimum absolute atomic E-state index is 0.0987. The Labute approximate surface area is 214 Å². The number of phenols is 1. The third-order valence-electron chi connectivity index (χ3n) is 5.80. The Morgan fingerprint density at radius 1 is 1.00 bits per heavy atom. The van der Waals surface area contributed by atoms with Crippen LogP contribution in [0, 0.1) is 6.92 Å². The van der Waals surface area contributed by atoms with Crippen LogP contribution < -0.4 is 5.32 Å². The average Bonchev–Trinajstić information content (AvgIpc) is 3.24. The lowest BCUT2D eigenvalue weighted by atomic mass is 10.0. The molecule has 8 heteroatoms. The van der Waals surface area contributed by atoms with E-state index in [0.717, 1.165) is 22.3 Å². The minimum atomic E-state index is -0.664. The maximum atomic E-state index is 12.6. The van der Waals surface area contributed by atoms with Gasteiger partial charge in [0.1, 0.15) is 23.2 Å². The summed E-state index contributed by atoms with van der Waals surface area (Å²) in [4.78, 5) is 24.3. The number of esters is 1. The number of phenolic OH excluding ortho intramolecular Hbond substituents is 1. The number of hydrogen-bond acceptors (Lipinski definition) is 7. The van der Waals surface area contributed by atoms with Crippen molar-refractivity contribution in [1.82, 2.24) is 5.16 Å². The van der Waals surface area contributed by atoms with Gasteiger partial charge >= 0.3 is 12.1 Å². The van der Waals surface area contributed by atoms with Crippen molar-refractivity contribution in [2.45, 2.75) is 33.3 Å². The number of aryl methyl sites for hydroxylation is 1. The normalized spacial score (nSPS) is 11.5. The summed E-state index contributed by atoms with van der Waals surface area (Å²) in [6.45, 7) is 5.60. The van der Waals surface area contributed by atoms with Gasteiger partial charge in [-0.1, -0.05) is 65.8 Å². The van der Waals surface area contributed by atoms with Gasteiger partial charge in [0, 0.05) is 5.56 Å². The van der Waals surface area contributed by atoms with Crippen LogP contribution in [0.5, 0.6) is 5.75 Å². The quantitative estimate of drug-likeness (QED) is 0.268. The number of nitrogens with one attached hydrogen (secondary N) is 1. The van der Waals surface area contributed by atoms with Gasteiger partial charge in [0.05, 0.1) is 13.0 Å². The van der Waals surface area contributed by atoms with Gasteiger partial charge in [-0.25, -0.2) is 4.79 Å². The zero-order chi connectivity index (χ0) is 26.4. The molecular weight excluding hydrogens is 472 g/mol. The molecule has 3 aromatic carbocycles. The van der Waals surface area contributed by atoms with Crippen LogP contribution in [0.25, 0.3) is 22.5 Å². The largest absolute Gasteiger partial charge is 0.508 e. The Kier molecular flexibility index (Phi) is 7.88. The maximum Gasteiger partial charge on any atom is 0.412 e. The summed E-state index contributed by atoms with van der Waals surface area (Å²) in [5.41, 5.74) is 5.20. The van der Waals surface area contributed by atoms with Gasteiger partial charge in [-0.05, 0) is 55.2 Å². The molecule has 0 saturated heterocycles. The van der Waals surface area contributed by atoms with E-state index >= 15 is 0 Å². The molecule has 0 aliphatic carbocycles. The summed E-state index contributed by atoms with van der Waals surface area (Å²) in [6, 6.07) is 21.9. The maximum absolute atomic E-state index is 12.6. The standard InChI is InChI=1S/C29H28N2O6/c1-4-35-26(33)16-20-8-10-21(11-9-20)22-12-14-23(15-13-22)28-27(18(2)31-37-28)30-29(34)36-19(3)24-6-5-7-25(32)17-24/h5-15,17,19,32H,4,16H2,1-3H3,(H,30,34). The first-order valence-corrected chi connectivity index (χ1v) is 11.9. The van der Waals surface area contributed by atoms with E-state index in [1.54, 1.807) is 45.0 Å². The topological polar surface area (TPSA) is 111 Å². The van der Waals surface area contributed by atoms with Crippen molar-refractivity contribution in [1.29, 1.82) is 0 Å². The number of nitrogens with zero attached hydrogens (tertiary/aromatic N) is 1. The lowest BCUT2D eigenvalue weighted by Gasteiger charge is -2.14. The van der Waals surface area contributed by atoms with Crippen LogP contribution in [0.15, 0.2) is 77.3 Å². The van der Waals surface area contributed by atoms with Gasteiger partial charge in [-0.2, -0.15) is 0 Å². The van der Waals surface area contributed by atoms with Crippen LogP contribution in [0.3, 0.4) is 0 Å². The van der Waals surface area contributed by atoms with Gasteiger partial charge in [-0.15, -0.1) is 0 Å². The average molecular weight is 501 g/mol. The molecule has 0 spiro atoms. The lowest BCUT2D eigenvalue weighted by Crippen LogP contribution is -2.16. The van der Waals surface area contributed by atoms with E-state index in [1.165, 1.54) is 0 Å². The summed E-state index contributed by atoms with van der Waals surface area (Å²) in [5.74, 6) is 0.265. The molecule has 1 amide bonds. The fourth-order valence-corrected chi connectivity index (χ4v) is 3.86. The Bertz CT molecular complexity index is 1380. The van der Waals surface area contributed by atoms with Crippen molar-refractivity contribution in [2.24, 2.45) is 0 Å². The molecule has 1 heterocycles. The highest BCUT2D eigenvalue weighted by molar-refractivity contribution is 5.91. The van der Waals surface area contributed by atoms with E-state index in [1.807, 2.05) is 48.5 Å². The van der Waals surface area contributed by atoms with Crippen LogP contribution in [0.4, 0.5) is 10.5 Å². The first-order chi connectivity index (χ1) is 17.8. The molecule has 0 fully saturated rings. The third kappa shape index (κ3) is 6.35. The number of ether oxygens (including phenoxy) is 2. The Morgan fingerprint density at radius 3 is 2.30 bits per heavy atom. The SMILES string of the molecule is CCOC(=O)Cc1ccc(-c2ccc(-c3onc(C)c3NC(=O)OC(C)c3cccc(O)c3)cc2)cc1. The molecule has 4 rings (SSSR count). The molecule has 1 aromatic heterocycles. The number of carbonyl (C=O) groups is 2. The third-order valence-corrected chi connectivity index (χ3v) is 5.80. The van der Waals surface area contributed by atoms with E-state index in [-0.39, 0.29) is 18.1 Å². The Balaban J connectivity index is 1.45. The number of carbonyl (C=O) groups excluding carboxylic acids is 2. The zero-order valence-electron chi connectivity index (χ0n) is 20.9. The van der Waals surface area contributed by atoms with Gasteiger partial charge in [0.2, 0.25) is 0 Å². The molecule has 0 aliphatic heterocycles. The van der Waals surface area contributed by atoms with E-state index < -0.39 is 12.2 Å². The second-order valence-electron chi connectivity index (χ2n) is 8.50. The Morgan fingerprint density at radius 2 is 1.65 bits per heavy atom. The number of rotatable bonds is 8. The van der Waals surface area contributed by atoms with Gasteiger partial charge in [-0.3, -0.25) is 10.1 Å². The number of aromatic nitrogens is 1. The molecule has 1 atom stereocenters. The fraction of sp³-hybridized carbons (Fsp3) is 0.207. The van der Waals surface area contributed by atoms with E-state index in [2.05, 4.69) is 10.5 Å². The van der Waals surface area contributed by atoms with Crippen LogP contribution in [0.2, 0.25) is 0 Å². The molecule has 0 aliphatic rings. The second-order valence-corrected chi connectivity index (χ2v) is 8.50. The highest BCUT2D eigenvalue weighted by atomic mass is 16.6. The van der Waals surface area contributed by atoms with Gasteiger partial charge in [0.15, 0.2) is 5.76 Å². The van der Waals surface area contributed by atoms with E-state index in [4.69, 9.17) is 14.0 Å². The molecule has 1 unspecified atom stereocenters. The lowest BCUT2D eigenvalue weighted by molar-refractivity contribution is -0.142. The summed E-state index contributed by atoms with van der Waals surface area (Å²) < 4.78 is 16.0. The fourth-order valence-electron chi connectivity index (χ4n) is 3.86. The first-order valence-electron chi connectivity index (χ1n) is 11.9. The summed E-state index contributed by atoms with van der Waals surface area (Å²) >= 11 is 0. The van der Waals surface area contributed by atoms with E-state index in [9.17, 15) is 14.7 Å². The molecule has 190 valence electrons. The van der Waals surface area contributed by atoms with Crippen LogP contribution in [0.1, 0.15) is 36.8 Å². The molecule has 8 nitrogen and oxygen atoms in total.